The number of halogens is 1. The highest BCUT2D eigenvalue weighted by molar-refractivity contribution is 9.10. The quantitative estimate of drug-likeness (QED) is 0.871. The summed E-state index contributed by atoms with van der Waals surface area (Å²) in [7, 11) is -3.89. The van der Waals surface area contributed by atoms with Crippen molar-refractivity contribution in [3.63, 3.8) is 0 Å². The summed E-state index contributed by atoms with van der Waals surface area (Å²) in [5.41, 5.74) is -1.06. The lowest BCUT2D eigenvalue weighted by molar-refractivity contribution is -0.146. The van der Waals surface area contributed by atoms with Crippen molar-refractivity contribution in [2.24, 2.45) is 5.41 Å². The van der Waals surface area contributed by atoms with E-state index in [-0.39, 0.29) is 30.0 Å². The van der Waals surface area contributed by atoms with E-state index < -0.39 is 21.4 Å². The molecule has 1 aliphatic heterocycles. The molecule has 6 nitrogen and oxygen atoms in total. The zero-order valence-electron chi connectivity index (χ0n) is 11.2. The number of nitriles is 1. The Kier molecular flexibility index (Phi) is 4.10. The van der Waals surface area contributed by atoms with Crippen LogP contribution in [0.4, 0.5) is 0 Å². The monoisotopic (exact) mass is 372 g/mol. The Morgan fingerprint density at radius 2 is 2.19 bits per heavy atom. The second-order valence-electron chi connectivity index (χ2n) is 5.18. The van der Waals surface area contributed by atoms with Crippen LogP contribution in [0.25, 0.3) is 0 Å². The summed E-state index contributed by atoms with van der Waals surface area (Å²) in [4.78, 5) is 11.1. The molecule has 2 rings (SSSR count). The summed E-state index contributed by atoms with van der Waals surface area (Å²) >= 11 is 3.15. The number of benzene rings is 1. The molecule has 1 aromatic rings. The van der Waals surface area contributed by atoms with E-state index in [1.807, 2.05) is 6.07 Å². The Labute approximate surface area is 131 Å². The van der Waals surface area contributed by atoms with Crippen molar-refractivity contribution < 1.29 is 18.3 Å². The Morgan fingerprint density at radius 1 is 1.52 bits per heavy atom. The second kappa shape index (κ2) is 5.40. The highest BCUT2D eigenvalue weighted by Gasteiger charge is 2.45. The largest absolute Gasteiger partial charge is 0.481 e. The van der Waals surface area contributed by atoms with Crippen molar-refractivity contribution in [3.05, 3.63) is 28.2 Å². The summed E-state index contributed by atoms with van der Waals surface area (Å²) in [6.45, 7) is 1.56. The van der Waals surface area contributed by atoms with Gasteiger partial charge in [0.15, 0.2) is 0 Å². The van der Waals surface area contributed by atoms with Crippen LogP contribution in [-0.2, 0) is 14.8 Å². The molecule has 1 unspecified atom stereocenters. The van der Waals surface area contributed by atoms with E-state index in [1.54, 1.807) is 6.07 Å². The first-order valence-electron chi connectivity index (χ1n) is 6.14. The molecule has 1 aliphatic rings. The number of carboxylic acid groups (broad SMARTS) is 1. The topological polar surface area (TPSA) is 98.5 Å². The van der Waals surface area contributed by atoms with Gasteiger partial charge in [0.1, 0.15) is 11.0 Å². The van der Waals surface area contributed by atoms with Crippen LogP contribution in [0.2, 0.25) is 0 Å². The lowest BCUT2D eigenvalue weighted by Gasteiger charge is -2.20. The zero-order valence-corrected chi connectivity index (χ0v) is 13.6. The number of aliphatic carboxylic acids is 1. The normalized spacial score (nSPS) is 22.9. The van der Waals surface area contributed by atoms with Gasteiger partial charge >= 0.3 is 5.97 Å². The number of sulfonamides is 1. The molecule has 0 bridgehead atoms. The van der Waals surface area contributed by atoms with Crippen LogP contribution in [-0.4, -0.2) is 36.9 Å². The number of hydrogen-bond acceptors (Lipinski definition) is 4. The molecule has 1 heterocycles. The third-order valence-corrected chi connectivity index (χ3v) is 6.21. The van der Waals surface area contributed by atoms with Crippen molar-refractivity contribution in [1.29, 1.82) is 5.26 Å². The molecule has 1 aromatic carbocycles. The molecule has 1 N–H and O–H groups in total. The van der Waals surface area contributed by atoms with E-state index in [0.717, 1.165) is 4.31 Å². The van der Waals surface area contributed by atoms with Gasteiger partial charge in [0, 0.05) is 17.6 Å². The van der Waals surface area contributed by atoms with Crippen molar-refractivity contribution >= 4 is 31.9 Å². The molecular formula is C13H13BrN2O4S. The van der Waals surface area contributed by atoms with Crippen molar-refractivity contribution in [2.75, 3.05) is 13.1 Å². The van der Waals surface area contributed by atoms with E-state index >= 15 is 0 Å². The third-order valence-electron chi connectivity index (χ3n) is 3.66. The zero-order chi connectivity index (χ0) is 15.8. The average molecular weight is 373 g/mol. The van der Waals surface area contributed by atoms with Crippen LogP contribution in [0.15, 0.2) is 27.6 Å². The molecule has 8 heteroatoms. The number of hydrogen-bond donors (Lipinski definition) is 1. The fraction of sp³-hybridized carbons (Fsp3) is 0.385. The highest BCUT2D eigenvalue weighted by atomic mass is 79.9. The van der Waals surface area contributed by atoms with Crippen LogP contribution < -0.4 is 0 Å². The standard InChI is InChI=1S/C13H13BrN2O4S/c1-13(12(17)18)5-6-16(8-13)21(19,20)11-4-2-3-10(14)9(11)7-15/h2-4H,5-6,8H2,1H3,(H,17,18). The van der Waals surface area contributed by atoms with Crippen LogP contribution in [0.5, 0.6) is 0 Å². The Morgan fingerprint density at radius 3 is 2.71 bits per heavy atom. The van der Waals surface area contributed by atoms with Crippen molar-refractivity contribution in [2.45, 2.75) is 18.2 Å². The summed E-state index contributed by atoms with van der Waals surface area (Å²) in [5.74, 6) is -1.02. The average Bonchev–Trinajstić information content (AvgIpc) is 2.83. The second-order valence-corrected chi connectivity index (χ2v) is 7.94. The molecule has 1 atom stereocenters. The molecule has 0 amide bonds. The maximum Gasteiger partial charge on any atom is 0.310 e. The van der Waals surface area contributed by atoms with Crippen LogP contribution in [0.3, 0.4) is 0 Å². The molecule has 112 valence electrons. The maximum atomic E-state index is 12.6. The molecule has 21 heavy (non-hydrogen) atoms. The molecule has 0 spiro atoms. The fourth-order valence-corrected chi connectivity index (χ4v) is 4.58. The van der Waals surface area contributed by atoms with Gasteiger partial charge in [0.2, 0.25) is 10.0 Å². The first kappa shape index (κ1) is 15.9. The Bertz CT molecular complexity index is 741. The molecule has 0 saturated carbocycles. The minimum absolute atomic E-state index is 0.0291. The Balaban J connectivity index is 2.44. The number of rotatable bonds is 3. The molecule has 1 saturated heterocycles. The summed E-state index contributed by atoms with van der Waals surface area (Å²) in [5, 5.41) is 18.3. The van der Waals surface area contributed by atoms with Crippen molar-refractivity contribution in [3.8, 4) is 6.07 Å². The lowest BCUT2D eigenvalue weighted by Crippen LogP contribution is -2.35. The van der Waals surface area contributed by atoms with Gasteiger partial charge in [-0.3, -0.25) is 4.79 Å². The molecule has 1 fully saturated rings. The molecule has 0 aliphatic carbocycles. The first-order valence-corrected chi connectivity index (χ1v) is 8.38. The van der Waals surface area contributed by atoms with Gasteiger partial charge in [-0.15, -0.1) is 0 Å². The summed E-state index contributed by atoms with van der Waals surface area (Å²) in [6, 6.07) is 6.34. The SMILES string of the molecule is CC1(C(=O)O)CCN(S(=O)(=O)c2cccc(Br)c2C#N)C1. The smallest absolute Gasteiger partial charge is 0.310 e. The first-order chi connectivity index (χ1) is 9.72. The predicted octanol–water partition coefficient (Wildman–Crippen LogP) is 1.81. The Hall–Kier alpha value is -1.43. The predicted molar refractivity (Wildman–Crippen MR) is 78.0 cm³/mol. The third kappa shape index (κ3) is 2.69. The van der Waals surface area contributed by atoms with Gasteiger partial charge in [-0.2, -0.15) is 9.57 Å². The number of nitrogens with zero attached hydrogens (tertiary/aromatic N) is 2. The van der Waals surface area contributed by atoms with Gasteiger partial charge in [-0.1, -0.05) is 6.07 Å². The minimum atomic E-state index is -3.89. The van der Waals surface area contributed by atoms with E-state index in [2.05, 4.69) is 15.9 Å². The summed E-state index contributed by atoms with van der Waals surface area (Å²) < 4.78 is 26.8. The molecule has 0 radical (unpaired) electrons. The highest BCUT2D eigenvalue weighted by Crippen LogP contribution is 2.35. The van der Waals surface area contributed by atoms with E-state index in [1.165, 1.54) is 19.1 Å². The van der Waals surface area contributed by atoms with Crippen molar-refractivity contribution in [1.82, 2.24) is 4.31 Å². The van der Waals surface area contributed by atoms with E-state index in [4.69, 9.17) is 5.26 Å². The molecular weight excluding hydrogens is 360 g/mol. The van der Waals surface area contributed by atoms with Gasteiger partial charge < -0.3 is 5.11 Å². The van der Waals surface area contributed by atoms with Gasteiger partial charge in [0.05, 0.1) is 11.0 Å². The van der Waals surface area contributed by atoms with Crippen LogP contribution in [0, 0.1) is 16.7 Å². The van der Waals surface area contributed by atoms with Crippen LogP contribution in [0.1, 0.15) is 18.9 Å². The minimum Gasteiger partial charge on any atom is -0.481 e. The van der Waals surface area contributed by atoms with Gasteiger partial charge in [-0.25, -0.2) is 8.42 Å². The fourth-order valence-electron chi connectivity index (χ4n) is 2.27. The maximum absolute atomic E-state index is 12.6. The number of carbonyl (C=O) groups is 1. The summed E-state index contributed by atoms with van der Waals surface area (Å²) in [6.07, 6.45) is 0.247. The van der Waals surface area contributed by atoms with Gasteiger partial charge in [0.25, 0.3) is 0 Å². The number of carboxylic acids is 1. The van der Waals surface area contributed by atoms with E-state index in [9.17, 15) is 18.3 Å². The van der Waals surface area contributed by atoms with E-state index in [0.29, 0.717) is 4.47 Å². The lowest BCUT2D eigenvalue weighted by atomic mass is 9.90. The van der Waals surface area contributed by atoms with Gasteiger partial charge in [-0.05, 0) is 41.4 Å². The van der Waals surface area contributed by atoms with Crippen LogP contribution >= 0.6 is 15.9 Å². The molecule has 0 aromatic heterocycles.